The van der Waals surface area contributed by atoms with E-state index >= 15 is 0 Å². The lowest BCUT2D eigenvalue weighted by atomic mass is 9.99. The van der Waals surface area contributed by atoms with Crippen LogP contribution >= 0.6 is 12.2 Å². The highest BCUT2D eigenvalue weighted by Gasteiger charge is 2.44. The van der Waals surface area contributed by atoms with E-state index in [1.54, 1.807) is 12.1 Å². The van der Waals surface area contributed by atoms with Crippen molar-refractivity contribution in [2.75, 3.05) is 6.61 Å². The van der Waals surface area contributed by atoms with E-state index < -0.39 is 49.1 Å². The Balaban J connectivity index is 1.71. The minimum Gasteiger partial charge on any atom is -0.462 e. The summed E-state index contributed by atoms with van der Waals surface area (Å²) < 4.78 is 10.7. The van der Waals surface area contributed by atoms with E-state index in [0.29, 0.717) is 5.56 Å². The Labute approximate surface area is 164 Å². The van der Waals surface area contributed by atoms with Crippen LogP contribution in [0.3, 0.4) is 0 Å². The molecule has 28 heavy (non-hydrogen) atoms. The summed E-state index contributed by atoms with van der Waals surface area (Å²) in [4.78, 5) is 23.7. The lowest BCUT2D eigenvalue weighted by Gasteiger charge is -2.39. The molecule has 1 aromatic carbocycles. The Bertz CT molecular complexity index is 788. The van der Waals surface area contributed by atoms with Crippen molar-refractivity contribution in [2.24, 2.45) is 0 Å². The van der Waals surface area contributed by atoms with Gasteiger partial charge in [-0.25, -0.2) is 0 Å². The summed E-state index contributed by atoms with van der Waals surface area (Å²) in [7, 11) is 0. The number of thiocarbonyl (C=S) groups is 1. The molecule has 1 aromatic rings. The van der Waals surface area contributed by atoms with Crippen LogP contribution in [0.2, 0.25) is 0 Å². The predicted molar refractivity (Wildman–Crippen MR) is 97.7 cm³/mol. The van der Waals surface area contributed by atoms with Gasteiger partial charge in [-0.15, -0.1) is 0 Å². The molecule has 0 spiro atoms. The van der Waals surface area contributed by atoms with Gasteiger partial charge in [0.15, 0.2) is 5.11 Å². The van der Waals surface area contributed by atoms with Gasteiger partial charge in [0.05, 0.1) is 6.61 Å². The molecule has 2 fully saturated rings. The van der Waals surface area contributed by atoms with Crippen LogP contribution in [0, 0.1) is 0 Å². The molecule has 0 aliphatic carbocycles. The molecule has 2 aliphatic rings. The van der Waals surface area contributed by atoms with E-state index in [4.69, 9.17) is 21.7 Å². The van der Waals surface area contributed by atoms with Crippen LogP contribution < -0.4 is 15.4 Å². The standard InChI is InChI=1S/C17H18N2O8S/c20-6-10-11(21)12(22)13(23)16(27-10)26-8-3-1-7(2-4-8)5-9-14(24)18-17(28)19-15(9)25/h1-5,10-13,16,20-23H,6H2,(H2,18,19,24,25,28)/t10-,11-,12-,13-,16-/m1/s1. The summed E-state index contributed by atoms with van der Waals surface area (Å²) in [5.41, 5.74) is 0.408. The van der Waals surface area contributed by atoms with Crippen molar-refractivity contribution in [1.82, 2.24) is 10.6 Å². The first-order valence-electron chi connectivity index (χ1n) is 8.25. The van der Waals surface area contributed by atoms with Gasteiger partial charge >= 0.3 is 0 Å². The molecule has 10 nitrogen and oxygen atoms in total. The van der Waals surface area contributed by atoms with Crippen molar-refractivity contribution in [3.8, 4) is 5.75 Å². The van der Waals surface area contributed by atoms with Crippen LogP contribution in [0.25, 0.3) is 6.08 Å². The molecule has 2 heterocycles. The van der Waals surface area contributed by atoms with E-state index in [9.17, 15) is 30.0 Å². The molecule has 11 heteroatoms. The first kappa shape index (κ1) is 20.3. The minimum atomic E-state index is -1.55. The zero-order valence-corrected chi connectivity index (χ0v) is 15.1. The average molecular weight is 410 g/mol. The van der Waals surface area contributed by atoms with E-state index in [-0.39, 0.29) is 16.4 Å². The highest BCUT2D eigenvalue weighted by Crippen LogP contribution is 2.25. The lowest BCUT2D eigenvalue weighted by molar-refractivity contribution is -0.277. The zero-order valence-electron chi connectivity index (χ0n) is 14.3. The van der Waals surface area contributed by atoms with E-state index in [1.807, 2.05) is 0 Å². The molecule has 2 saturated heterocycles. The third-order valence-electron chi connectivity index (χ3n) is 4.24. The van der Waals surface area contributed by atoms with Crippen molar-refractivity contribution < 1.29 is 39.5 Å². The summed E-state index contributed by atoms with van der Waals surface area (Å²) >= 11 is 4.73. The summed E-state index contributed by atoms with van der Waals surface area (Å²) in [5.74, 6) is -0.976. The zero-order chi connectivity index (χ0) is 20.4. The third kappa shape index (κ3) is 4.19. The Kier molecular flexibility index (Phi) is 6.03. The van der Waals surface area contributed by atoms with E-state index in [0.717, 1.165) is 0 Å². The van der Waals surface area contributed by atoms with Crippen LogP contribution in [-0.2, 0) is 14.3 Å². The lowest BCUT2D eigenvalue weighted by Crippen LogP contribution is -2.60. The number of nitrogens with one attached hydrogen (secondary N) is 2. The van der Waals surface area contributed by atoms with Crippen LogP contribution in [0.4, 0.5) is 0 Å². The van der Waals surface area contributed by atoms with Crippen LogP contribution in [0.15, 0.2) is 29.8 Å². The Morgan fingerprint density at radius 1 is 1.04 bits per heavy atom. The number of hydrogen-bond donors (Lipinski definition) is 6. The molecular weight excluding hydrogens is 392 g/mol. The van der Waals surface area contributed by atoms with Crippen LogP contribution in [-0.4, -0.2) is 74.7 Å². The summed E-state index contributed by atoms with van der Waals surface area (Å²) in [6.45, 7) is -0.565. The van der Waals surface area contributed by atoms with Crippen molar-refractivity contribution >= 4 is 35.2 Å². The van der Waals surface area contributed by atoms with Crippen molar-refractivity contribution in [2.45, 2.75) is 30.7 Å². The topological polar surface area (TPSA) is 158 Å². The molecule has 5 atom stereocenters. The molecule has 6 N–H and O–H groups in total. The molecule has 0 saturated carbocycles. The predicted octanol–water partition coefficient (Wildman–Crippen LogP) is -2.22. The highest BCUT2D eigenvalue weighted by molar-refractivity contribution is 7.80. The maximum absolute atomic E-state index is 11.8. The normalized spacial score (nSPS) is 30.5. The second-order valence-corrected chi connectivity index (χ2v) is 6.59. The van der Waals surface area contributed by atoms with Gasteiger partial charge in [0.25, 0.3) is 11.8 Å². The Morgan fingerprint density at radius 2 is 1.64 bits per heavy atom. The molecule has 0 aromatic heterocycles. The van der Waals surface area contributed by atoms with Crippen molar-refractivity contribution in [3.05, 3.63) is 35.4 Å². The number of carbonyl (C=O) groups excluding carboxylic acids is 2. The minimum absolute atomic E-state index is 0.0598. The first-order valence-corrected chi connectivity index (χ1v) is 8.66. The fourth-order valence-electron chi connectivity index (χ4n) is 2.71. The summed E-state index contributed by atoms with van der Waals surface area (Å²) in [5, 5.41) is 43.3. The van der Waals surface area contributed by atoms with E-state index in [2.05, 4.69) is 10.6 Å². The van der Waals surface area contributed by atoms with Gasteiger partial charge in [0, 0.05) is 0 Å². The van der Waals surface area contributed by atoms with Crippen molar-refractivity contribution in [3.63, 3.8) is 0 Å². The maximum Gasteiger partial charge on any atom is 0.263 e. The quantitative estimate of drug-likeness (QED) is 0.184. The van der Waals surface area contributed by atoms with Crippen LogP contribution in [0.5, 0.6) is 5.75 Å². The monoisotopic (exact) mass is 410 g/mol. The number of hydrogen-bond acceptors (Lipinski definition) is 9. The van der Waals surface area contributed by atoms with Gasteiger partial charge in [-0.1, -0.05) is 12.1 Å². The molecule has 0 radical (unpaired) electrons. The van der Waals surface area contributed by atoms with Gasteiger partial charge in [0.2, 0.25) is 6.29 Å². The van der Waals surface area contributed by atoms with Gasteiger partial charge in [-0.3, -0.25) is 20.2 Å². The number of aliphatic hydroxyl groups is 4. The SMILES string of the molecule is O=C1NC(=S)NC(=O)C1=Cc1ccc(O[C@@H]2O[C@H](CO)[C@@H](O)[C@@H](O)[C@H]2O)cc1. The second kappa shape index (κ2) is 8.31. The number of benzene rings is 1. The highest BCUT2D eigenvalue weighted by atomic mass is 32.1. The fraction of sp³-hybridized carbons (Fsp3) is 0.353. The average Bonchev–Trinajstić information content (AvgIpc) is 2.66. The van der Waals surface area contributed by atoms with Gasteiger partial charge < -0.3 is 29.9 Å². The Hall–Kier alpha value is -2.41. The molecule has 2 aliphatic heterocycles. The third-order valence-corrected chi connectivity index (χ3v) is 4.44. The molecule has 3 rings (SSSR count). The molecular formula is C17H18N2O8S. The van der Waals surface area contributed by atoms with Gasteiger partial charge in [-0.2, -0.15) is 0 Å². The largest absolute Gasteiger partial charge is 0.462 e. The van der Waals surface area contributed by atoms with Crippen molar-refractivity contribution in [1.29, 1.82) is 0 Å². The van der Waals surface area contributed by atoms with E-state index in [1.165, 1.54) is 18.2 Å². The second-order valence-electron chi connectivity index (χ2n) is 6.18. The molecule has 0 bridgehead atoms. The fourth-order valence-corrected chi connectivity index (χ4v) is 2.90. The number of aliphatic hydroxyl groups excluding tert-OH is 4. The number of amides is 2. The summed E-state index contributed by atoms with van der Waals surface area (Å²) in [6.07, 6.45) is -5.58. The first-order chi connectivity index (χ1) is 13.3. The van der Waals surface area contributed by atoms with Gasteiger partial charge in [-0.05, 0) is 36.0 Å². The molecule has 150 valence electrons. The van der Waals surface area contributed by atoms with Gasteiger partial charge in [0.1, 0.15) is 35.7 Å². The maximum atomic E-state index is 11.8. The number of rotatable bonds is 4. The molecule has 2 amide bonds. The number of ether oxygens (including phenoxy) is 2. The summed E-state index contributed by atoms with van der Waals surface area (Å²) in [6, 6.07) is 6.11. The van der Waals surface area contributed by atoms with Crippen LogP contribution in [0.1, 0.15) is 5.56 Å². The Morgan fingerprint density at radius 3 is 2.21 bits per heavy atom. The molecule has 0 unspecified atom stereocenters. The number of carbonyl (C=O) groups is 2. The smallest absolute Gasteiger partial charge is 0.263 e.